The van der Waals surface area contributed by atoms with Crippen molar-refractivity contribution in [2.24, 2.45) is 0 Å². The molecule has 1 aliphatic rings. The zero-order valence-electron chi connectivity index (χ0n) is 9.58. The summed E-state index contributed by atoms with van der Waals surface area (Å²) in [6.45, 7) is 1.99. The normalized spacial score (nSPS) is 16.7. The molecule has 0 atom stereocenters. The molecular weight excluding hydrogens is 219 g/mol. The Labute approximate surface area is 100 Å². The Bertz CT molecular complexity index is 422. The molecular formula is C13H15FN2O. The van der Waals surface area contributed by atoms with Gasteiger partial charge in [0.2, 0.25) is 0 Å². The van der Waals surface area contributed by atoms with Crippen LogP contribution in [0.1, 0.15) is 24.0 Å². The molecule has 1 heterocycles. The summed E-state index contributed by atoms with van der Waals surface area (Å²) in [6, 6.07) is 6.84. The Morgan fingerprint density at radius 1 is 1.41 bits per heavy atom. The van der Waals surface area contributed by atoms with Crippen LogP contribution < -0.4 is 5.32 Å². The van der Waals surface area contributed by atoms with Gasteiger partial charge in [0.15, 0.2) is 0 Å². The Morgan fingerprint density at radius 3 is 2.88 bits per heavy atom. The van der Waals surface area contributed by atoms with Gasteiger partial charge in [-0.25, -0.2) is 4.39 Å². The lowest BCUT2D eigenvalue weighted by Crippen LogP contribution is -2.34. The van der Waals surface area contributed by atoms with Crippen LogP contribution in [0.3, 0.4) is 0 Å². The minimum absolute atomic E-state index is 0.261. The molecule has 0 aliphatic carbocycles. The Hall–Kier alpha value is -1.44. The average molecular weight is 234 g/mol. The van der Waals surface area contributed by atoms with Crippen LogP contribution in [0.4, 0.5) is 4.39 Å². The standard InChI is InChI=1S/C13H15FN2O/c14-13-2-1-10(8-15)7-11(13)9-16-12-3-5-17-6-4-12/h1-2,7,12,16H,3-6,9H2. The Morgan fingerprint density at radius 2 is 2.18 bits per heavy atom. The third-order valence-corrected chi connectivity index (χ3v) is 2.98. The highest BCUT2D eigenvalue weighted by Gasteiger charge is 2.13. The quantitative estimate of drug-likeness (QED) is 0.869. The monoisotopic (exact) mass is 234 g/mol. The minimum Gasteiger partial charge on any atom is -0.381 e. The molecule has 1 N–H and O–H groups in total. The van der Waals surface area contributed by atoms with Gasteiger partial charge in [0.1, 0.15) is 5.82 Å². The van der Waals surface area contributed by atoms with Gasteiger partial charge in [-0.2, -0.15) is 5.26 Å². The van der Waals surface area contributed by atoms with E-state index >= 15 is 0 Å². The van der Waals surface area contributed by atoms with Crippen LogP contribution in [0.15, 0.2) is 18.2 Å². The number of hydrogen-bond donors (Lipinski definition) is 1. The summed E-state index contributed by atoms with van der Waals surface area (Å²) in [6.07, 6.45) is 1.92. The zero-order valence-corrected chi connectivity index (χ0v) is 9.58. The fourth-order valence-corrected chi connectivity index (χ4v) is 1.94. The maximum atomic E-state index is 13.5. The average Bonchev–Trinajstić information content (AvgIpc) is 2.39. The summed E-state index contributed by atoms with van der Waals surface area (Å²) >= 11 is 0. The molecule has 0 bridgehead atoms. The maximum Gasteiger partial charge on any atom is 0.127 e. The van der Waals surface area contributed by atoms with E-state index in [2.05, 4.69) is 5.32 Å². The van der Waals surface area contributed by atoms with Crippen LogP contribution in [0.5, 0.6) is 0 Å². The van der Waals surface area contributed by atoms with E-state index in [1.165, 1.54) is 12.1 Å². The van der Waals surface area contributed by atoms with Crippen LogP contribution in [0.25, 0.3) is 0 Å². The molecule has 17 heavy (non-hydrogen) atoms. The second-order valence-electron chi connectivity index (χ2n) is 4.19. The number of nitriles is 1. The molecule has 0 aromatic heterocycles. The summed E-state index contributed by atoms with van der Waals surface area (Å²) in [5, 5.41) is 12.1. The van der Waals surface area contributed by atoms with E-state index in [0.29, 0.717) is 23.7 Å². The van der Waals surface area contributed by atoms with Crippen LogP contribution >= 0.6 is 0 Å². The number of rotatable bonds is 3. The van der Waals surface area contributed by atoms with Crippen molar-refractivity contribution in [1.82, 2.24) is 5.32 Å². The fourth-order valence-electron chi connectivity index (χ4n) is 1.94. The van der Waals surface area contributed by atoms with Crippen LogP contribution in [0.2, 0.25) is 0 Å². The van der Waals surface area contributed by atoms with Gasteiger partial charge in [-0.15, -0.1) is 0 Å². The van der Waals surface area contributed by atoms with E-state index in [0.717, 1.165) is 26.1 Å². The molecule has 4 heteroatoms. The molecule has 90 valence electrons. The molecule has 1 fully saturated rings. The highest BCUT2D eigenvalue weighted by atomic mass is 19.1. The van der Waals surface area contributed by atoms with Gasteiger partial charge in [0.05, 0.1) is 11.6 Å². The number of ether oxygens (including phenoxy) is 1. The van der Waals surface area contributed by atoms with Crippen molar-refractivity contribution in [2.75, 3.05) is 13.2 Å². The smallest absolute Gasteiger partial charge is 0.127 e. The molecule has 0 radical (unpaired) electrons. The van der Waals surface area contributed by atoms with Gasteiger partial charge in [-0.3, -0.25) is 0 Å². The van der Waals surface area contributed by atoms with Crippen molar-refractivity contribution in [3.8, 4) is 6.07 Å². The predicted octanol–water partition coefficient (Wildman–Crippen LogP) is 1.97. The van der Waals surface area contributed by atoms with Crippen molar-refractivity contribution >= 4 is 0 Å². The first kappa shape index (κ1) is 12.0. The summed E-state index contributed by atoms with van der Waals surface area (Å²) in [4.78, 5) is 0. The third-order valence-electron chi connectivity index (χ3n) is 2.98. The van der Waals surface area contributed by atoms with Crippen LogP contribution in [0, 0.1) is 17.1 Å². The van der Waals surface area contributed by atoms with Crippen molar-refractivity contribution in [1.29, 1.82) is 5.26 Å². The van der Waals surface area contributed by atoms with Gasteiger partial charge in [0, 0.05) is 31.4 Å². The lowest BCUT2D eigenvalue weighted by Gasteiger charge is -2.23. The van der Waals surface area contributed by atoms with Gasteiger partial charge in [-0.1, -0.05) is 0 Å². The largest absolute Gasteiger partial charge is 0.381 e. The van der Waals surface area contributed by atoms with E-state index in [1.54, 1.807) is 6.07 Å². The number of nitrogens with one attached hydrogen (secondary N) is 1. The van der Waals surface area contributed by atoms with Gasteiger partial charge in [-0.05, 0) is 31.0 Å². The first-order chi connectivity index (χ1) is 8.29. The van der Waals surface area contributed by atoms with Gasteiger partial charge >= 0.3 is 0 Å². The molecule has 0 spiro atoms. The SMILES string of the molecule is N#Cc1ccc(F)c(CNC2CCOCC2)c1. The second-order valence-corrected chi connectivity index (χ2v) is 4.19. The van der Waals surface area contributed by atoms with E-state index in [-0.39, 0.29) is 5.82 Å². The molecule has 0 unspecified atom stereocenters. The van der Waals surface area contributed by atoms with E-state index in [4.69, 9.17) is 10.00 Å². The topological polar surface area (TPSA) is 45.0 Å². The Kier molecular flexibility index (Phi) is 4.08. The first-order valence-corrected chi connectivity index (χ1v) is 5.79. The van der Waals surface area contributed by atoms with Crippen molar-refractivity contribution in [2.45, 2.75) is 25.4 Å². The maximum absolute atomic E-state index is 13.5. The van der Waals surface area contributed by atoms with E-state index in [9.17, 15) is 4.39 Å². The first-order valence-electron chi connectivity index (χ1n) is 5.79. The molecule has 0 amide bonds. The molecule has 2 rings (SSSR count). The highest BCUT2D eigenvalue weighted by Crippen LogP contribution is 2.12. The van der Waals surface area contributed by atoms with E-state index < -0.39 is 0 Å². The van der Waals surface area contributed by atoms with Gasteiger partial charge < -0.3 is 10.1 Å². The van der Waals surface area contributed by atoms with Crippen LogP contribution in [-0.4, -0.2) is 19.3 Å². The predicted molar refractivity (Wildman–Crippen MR) is 61.8 cm³/mol. The fraction of sp³-hybridized carbons (Fsp3) is 0.462. The van der Waals surface area contributed by atoms with E-state index in [1.807, 2.05) is 6.07 Å². The van der Waals surface area contributed by atoms with Crippen molar-refractivity contribution < 1.29 is 9.13 Å². The molecule has 1 aliphatic heterocycles. The van der Waals surface area contributed by atoms with Crippen LogP contribution in [-0.2, 0) is 11.3 Å². The number of hydrogen-bond acceptors (Lipinski definition) is 3. The highest BCUT2D eigenvalue weighted by molar-refractivity contribution is 5.33. The zero-order chi connectivity index (χ0) is 12.1. The number of benzene rings is 1. The summed E-state index contributed by atoms with van der Waals surface area (Å²) < 4.78 is 18.7. The van der Waals surface area contributed by atoms with Gasteiger partial charge in [0.25, 0.3) is 0 Å². The van der Waals surface area contributed by atoms with Crippen molar-refractivity contribution in [3.05, 3.63) is 35.1 Å². The summed E-state index contributed by atoms with van der Waals surface area (Å²) in [5.41, 5.74) is 1.05. The minimum atomic E-state index is -0.261. The lowest BCUT2D eigenvalue weighted by atomic mass is 10.1. The molecule has 1 aromatic carbocycles. The summed E-state index contributed by atoms with van der Waals surface area (Å²) in [5.74, 6) is -0.261. The molecule has 0 saturated carbocycles. The third kappa shape index (κ3) is 3.26. The number of halogens is 1. The lowest BCUT2D eigenvalue weighted by molar-refractivity contribution is 0.0775. The molecule has 1 saturated heterocycles. The second kappa shape index (κ2) is 5.76. The Balaban J connectivity index is 1.95. The number of nitrogens with zero attached hydrogens (tertiary/aromatic N) is 1. The van der Waals surface area contributed by atoms with Crippen molar-refractivity contribution in [3.63, 3.8) is 0 Å². The summed E-state index contributed by atoms with van der Waals surface area (Å²) in [7, 11) is 0. The molecule has 1 aromatic rings. The molecule has 3 nitrogen and oxygen atoms in total.